The molecule has 0 saturated carbocycles. The second-order valence-corrected chi connectivity index (χ2v) is 5.82. The number of hydrogen-bond acceptors (Lipinski definition) is 4. The molecule has 0 fully saturated rings. The first-order valence-corrected chi connectivity index (χ1v) is 8.23. The van der Waals surface area contributed by atoms with E-state index in [0.717, 1.165) is 11.1 Å². The van der Waals surface area contributed by atoms with Crippen LogP contribution < -0.4 is 5.32 Å². The topological polar surface area (TPSA) is 68.3 Å². The molecule has 0 saturated heterocycles. The summed E-state index contributed by atoms with van der Waals surface area (Å²) < 4.78 is 4.96. The molecule has 0 radical (unpaired) electrons. The highest BCUT2D eigenvalue weighted by Crippen LogP contribution is 2.20. The lowest BCUT2D eigenvalue weighted by atomic mass is 10.1. The highest BCUT2D eigenvalue weighted by atomic mass is 35.5. The number of pyridine rings is 1. The molecule has 2 aromatic carbocycles. The molecule has 1 amide bonds. The molecular formula is C20H15ClN2O3. The van der Waals surface area contributed by atoms with Crippen molar-refractivity contribution in [2.75, 3.05) is 11.9 Å². The van der Waals surface area contributed by atoms with E-state index in [0.29, 0.717) is 5.69 Å². The van der Waals surface area contributed by atoms with Gasteiger partial charge in [-0.15, -0.1) is 0 Å². The summed E-state index contributed by atoms with van der Waals surface area (Å²) in [5.74, 6) is -1.06. The van der Waals surface area contributed by atoms with Crippen molar-refractivity contribution in [2.45, 2.75) is 0 Å². The standard InChI is InChI=1S/C20H15ClN2O3/c21-18-11-8-16(12-22-18)20(25)26-13-19(24)23-17-9-6-15(7-10-17)14-4-2-1-3-5-14/h1-12H,13H2,(H,23,24). The molecule has 1 heterocycles. The van der Waals surface area contributed by atoms with Gasteiger partial charge in [-0.05, 0) is 35.4 Å². The highest BCUT2D eigenvalue weighted by Gasteiger charge is 2.11. The molecular weight excluding hydrogens is 352 g/mol. The summed E-state index contributed by atoms with van der Waals surface area (Å²) in [6, 6.07) is 20.3. The molecule has 26 heavy (non-hydrogen) atoms. The summed E-state index contributed by atoms with van der Waals surface area (Å²) in [4.78, 5) is 27.6. The van der Waals surface area contributed by atoms with E-state index in [1.165, 1.54) is 18.3 Å². The molecule has 0 atom stereocenters. The summed E-state index contributed by atoms with van der Waals surface area (Å²) in [6.45, 7) is -0.387. The van der Waals surface area contributed by atoms with E-state index in [4.69, 9.17) is 16.3 Å². The number of nitrogens with one attached hydrogen (secondary N) is 1. The molecule has 1 N–H and O–H groups in total. The van der Waals surface area contributed by atoms with Gasteiger partial charge < -0.3 is 10.1 Å². The molecule has 0 aliphatic carbocycles. The van der Waals surface area contributed by atoms with Crippen molar-refractivity contribution in [1.29, 1.82) is 0 Å². The number of anilines is 1. The van der Waals surface area contributed by atoms with Gasteiger partial charge in [-0.1, -0.05) is 54.1 Å². The normalized spacial score (nSPS) is 10.2. The van der Waals surface area contributed by atoms with Crippen LogP contribution in [0.3, 0.4) is 0 Å². The van der Waals surface area contributed by atoms with Crippen molar-refractivity contribution in [1.82, 2.24) is 4.98 Å². The van der Waals surface area contributed by atoms with Gasteiger partial charge in [0.2, 0.25) is 0 Å². The van der Waals surface area contributed by atoms with Crippen LogP contribution in [0.25, 0.3) is 11.1 Å². The fourth-order valence-corrected chi connectivity index (χ4v) is 2.40. The largest absolute Gasteiger partial charge is 0.452 e. The van der Waals surface area contributed by atoms with Crippen LogP contribution in [-0.2, 0) is 9.53 Å². The molecule has 0 aliphatic heterocycles. The van der Waals surface area contributed by atoms with Gasteiger partial charge in [0.15, 0.2) is 6.61 Å². The zero-order chi connectivity index (χ0) is 18.4. The van der Waals surface area contributed by atoms with Crippen molar-refractivity contribution in [3.63, 3.8) is 0 Å². The molecule has 3 aromatic rings. The van der Waals surface area contributed by atoms with E-state index in [2.05, 4.69) is 10.3 Å². The number of benzene rings is 2. The van der Waals surface area contributed by atoms with Crippen LogP contribution in [0, 0.1) is 0 Å². The number of nitrogens with zero attached hydrogens (tertiary/aromatic N) is 1. The van der Waals surface area contributed by atoms with Gasteiger partial charge in [0, 0.05) is 11.9 Å². The Kier molecular flexibility index (Phi) is 5.61. The minimum Gasteiger partial charge on any atom is -0.452 e. The summed E-state index contributed by atoms with van der Waals surface area (Å²) >= 11 is 5.66. The number of aromatic nitrogens is 1. The molecule has 0 spiro atoms. The zero-order valence-electron chi connectivity index (χ0n) is 13.7. The van der Waals surface area contributed by atoms with Crippen LogP contribution in [0.1, 0.15) is 10.4 Å². The fraction of sp³-hybridized carbons (Fsp3) is 0.0500. The number of carbonyl (C=O) groups is 2. The lowest BCUT2D eigenvalue weighted by molar-refractivity contribution is -0.119. The Morgan fingerprint density at radius 2 is 1.62 bits per heavy atom. The first-order chi connectivity index (χ1) is 12.6. The summed E-state index contributed by atoms with van der Waals surface area (Å²) in [5, 5.41) is 2.96. The molecule has 5 nitrogen and oxygen atoms in total. The Morgan fingerprint density at radius 3 is 2.27 bits per heavy atom. The number of ether oxygens (including phenoxy) is 1. The van der Waals surface area contributed by atoms with E-state index in [9.17, 15) is 9.59 Å². The molecule has 3 rings (SSSR count). The maximum absolute atomic E-state index is 11.9. The predicted octanol–water partition coefficient (Wildman–Crippen LogP) is 4.20. The monoisotopic (exact) mass is 366 g/mol. The van der Waals surface area contributed by atoms with Gasteiger partial charge in [0.1, 0.15) is 5.15 Å². The third-order valence-corrected chi connectivity index (χ3v) is 3.80. The van der Waals surface area contributed by atoms with E-state index in [-0.39, 0.29) is 17.3 Å². The second-order valence-electron chi connectivity index (χ2n) is 5.44. The maximum Gasteiger partial charge on any atom is 0.340 e. The van der Waals surface area contributed by atoms with E-state index >= 15 is 0 Å². The molecule has 0 unspecified atom stereocenters. The quantitative estimate of drug-likeness (QED) is 0.543. The van der Waals surface area contributed by atoms with Crippen LogP contribution in [0.4, 0.5) is 5.69 Å². The summed E-state index contributed by atoms with van der Waals surface area (Å²) in [7, 11) is 0. The number of hydrogen-bond donors (Lipinski definition) is 1. The van der Waals surface area contributed by atoms with Gasteiger partial charge in [0.05, 0.1) is 5.56 Å². The Morgan fingerprint density at radius 1 is 0.923 bits per heavy atom. The second kappa shape index (κ2) is 8.27. The summed E-state index contributed by atoms with van der Waals surface area (Å²) in [5.41, 5.74) is 2.99. The average molecular weight is 367 g/mol. The molecule has 130 valence electrons. The smallest absolute Gasteiger partial charge is 0.340 e. The Bertz CT molecular complexity index is 895. The molecule has 0 bridgehead atoms. The van der Waals surface area contributed by atoms with Crippen LogP contribution in [0.5, 0.6) is 0 Å². The number of carbonyl (C=O) groups excluding carboxylic acids is 2. The van der Waals surface area contributed by atoms with Crippen molar-refractivity contribution in [2.24, 2.45) is 0 Å². The van der Waals surface area contributed by atoms with Crippen LogP contribution in [0.2, 0.25) is 5.15 Å². The summed E-state index contributed by atoms with van der Waals surface area (Å²) in [6.07, 6.45) is 1.30. The van der Waals surface area contributed by atoms with Crippen molar-refractivity contribution in [3.05, 3.63) is 83.6 Å². The van der Waals surface area contributed by atoms with Crippen LogP contribution in [-0.4, -0.2) is 23.5 Å². The predicted molar refractivity (Wildman–Crippen MR) is 100 cm³/mol. The van der Waals surface area contributed by atoms with Gasteiger partial charge in [-0.3, -0.25) is 4.79 Å². The lowest BCUT2D eigenvalue weighted by Gasteiger charge is -2.08. The van der Waals surface area contributed by atoms with E-state index in [1.807, 2.05) is 42.5 Å². The fourth-order valence-electron chi connectivity index (χ4n) is 2.28. The van der Waals surface area contributed by atoms with Gasteiger partial charge in [-0.2, -0.15) is 0 Å². The van der Waals surface area contributed by atoms with Crippen LogP contribution >= 0.6 is 11.6 Å². The number of amides is 1. The van der Waals surface area contributed by atoms with E-state index in [1.54, 1.807) is 12.1 Å². The Labute approximate surface area is 155 Å². The van der Waals surface area contributed by atoms with Crippen molar-refractivity contribution < 1.29 is 14.3 Å². The molecule has 1 aromatic heterocycles. The van der Waals surface area contributed by atoms with Gasteiger partial charge in [-0.25, -0.2) is 9.78 Å². The van der Waals surface area contributed by atoms with Crippen LogP contribution in [0.15, 0.2) is 72.9 Å². The number of esters is 1. The van der Waals surface area contributed by atoms with Gasteiger partial charge in [0.25, 0.3) is 5.91 Å². The van der Waals surface area contributed by atoms with E-state index < -0.39 is 11.9 Å². The van der Waals surface area contributed by atoms with Gasteiger partial charge >= 0.3 is 5.97 Å². The number of halogens is 1. The number of rotatable bonds is 5. The molecule has 6 heteroatoms. The highest BCUT2D eigenvalue weighted by molar-refractivity contribution is 6.29. The average Bonchev–Trinajstić information content (AvgIpc) is 2.68. The SMILES string of the molecule is O=C(COC(=O)c1ccc(Cl)nc1)Nc1ccc(-c2ccccc2)cc1. The minimum atomic E-state index is -0.635. The molecule has 0 aliphatic rings. The first kappa shape index (κ1) is 17.6. The lowest BCUT2D eigenvalue weighted by Crippen LogP contribution is -2.20. The third kappa shape index (κ3) is 4.68. The minimum absolute atomic E-state index is 0.231. The third-order valence-electron chi connectivity index (χ3n) is 3.57. The van der Waals surface area contributed by atoms with Crippen molar-refractivity contribution >= 4 is 29.2 Å². The first-order valence-electron chi connectivity index (χ1n) is 7.86. The Hall–Kier alpha value is -3.18. The van der Waals surface area contributed by atoms with Crippen molar-refractivity contribution in [3.8, 4) is 11.1 Å². The Balaban J connectivity index is 1.53. The maximum atomic E-state index is 11.9. The zero-order valence-corrected chi connectivity index (χ0v) is 14.4.